The van der Waals surface area contributed by atoms with Crippen molar-refractivity contribution in [1.29, 1.82) is 0 Å². The lowest BCUT2D eigenvalue weighted by atomic mass is 9.77. The van der Waals surface area contributed by atoms with Crippen molar-refractivity contribution in [2.75, 3.05) is 13.6 Å². The number of carboxylic acids is 1. The zero-order chi connectivity index (χ0) is 15.4. The second-order valence-electron chi connectivity index (χ2n) is 5.54. The predicted molar refractivity (Wildman–Crippen MR) is 66.1 cm³/mol. The Bertz CT molecular complexity index is 360. The van der Waals surface area contributed by atoms with E-state index in [9.17, 15) is 27.9 Å². The van der Waals surface area contributed by atoms with Gasteiger partial charge in [0.2, 0.25) is 5.91 Å². The van der Waals surface area contributed by atoms with Gasteiger partial charge in [-0.3, -0.25) is 9.59 Å². The van der Waals surface area contributed by atoms with E-state index in [1.807, 2.05) is 0 Å². The monoisotopic (exact) mass is 295 g/mol. The van der Waals surface area contributed by atoms with Crippen LogP contribution >= 0.6 is 0 Å². The molecule has 0 spiro atoms. The fourth-order valence-electron chi connectivity index (χ4n) is 2.65. The van der Waals surface area contributed by atoms with Gasteiger partial charge in [0.25, 0.3) is 0 Å². The van der Waals surface area contributed by atoms with Crippen LogP contribution in [0.4, 0.5) is 13.2 Å². The van der Waals surface area contributed by atoms with Crippen LogP contribution in [0.3, 0.4) is 0 Å². The fraction of sp³-hybridized carbons (Fsp3) is 0.846. The molecule has 0 aromatic heterocycles. The highest BCUT2D eigenvalue weighted by molar-refractivity contribution is 5.85. The average Bonchev–Trinajstić information content (AvgIpc) is 2.53. The van der Waals surface area contributed by atoms with Gasteiger partial charge >= 0.3 is 12.1 Å². The molecule has 0 radical (unpaired) electrons. The maximum absolute atomic E-state index is 12.3. The first-order chi connectivity index (χ1) is 9.16. The van der Waals surface area contributed by atoms with E-state index in [1.54, 1.807) is 0 Å². The van der Waals surface area contributed by atoms with Crippen molar-refractivity contribution in [2.24, 2.45) is 5.41 Å². The molecule has 7 heteroatoms. The molecule has 1 amide bonds. The van der Waals surface area contributed by atoms with E-state index in [0.717, 1.165) is 19.9 Å². The van der Waals surface area contributed by atoms with Crippen molar-refractivity contribution in [3.63, 3.8) is 0 Å². The topological polar surface area (TPSA) is 57.6 Å². The van der Waals surface area contributed by atoms with E-state index in [2.05, 4.69) is 0 Å². The molecule has 0 atom stereocenters. The van der Waals surface area contributed by atoms with Crippen LogP contribution in [0.5, 0.6) is 0 Å². The Morgan fingerprint density at radius 2 is 1.65 bits per heavy atom. The predicted octanol–water partition coefficient (Wildman–Crippen LogP) is 2.82. The number of halogens is 3. The van der Waals surface area contributed by atoms with Gasteiger partial charge in [0.15, 0.2) is 0 Å². The van der Waals surface area contributed by atoms with Gasteiger partial charge in [0.1, 0.15) is 6.54 Å². The van der Waals surface area contributed by atoms with Gasteiger partial charge in [-0.15, -0.1) is 0 Å². The summed E-state index contributed by atoms with van der Waals surface area (Å²) in [7, 11) is 1.06. The smallest absolute Gasteiger partial charge is 0.406 e. The summed E-state index contributed by atoms with van der Waals surface area (Å²) in [6, 6.07) is 0. The third-order valence-electron chi connectivity index (χ3n) is 3.85. The summed E-state index contributed by atoms with van der Waals surface area (Å²) in [5.41, 5.74) is -1.20. The first kappa shape index (κ1) is 16.8. The molecule has 0 saturated heterocycles. The summed E-state index contributed by atoms with van der Waals surface area (Å²) in [6.45, 7) is -1.35. The summed E-state index contributed by atoms with van der Waals surface area (Å²) in [5.74, 6) is -1.83. The second kappa shape index (κ2) is 6.45. The van der Waals surface area contributed by atoms with Gasteiger partial charge in [-0.05, 0) is 12.8 Å². The summed E-state index contributed by atoms with van der Waals surface area (Å²) < 4.78 is 36.8. The van der Waals surface area contributed by atoms with Crippen molar-refractivity contribution < 1.29 is 27.9 Å². The van der Waals surface area contributed by atoms with Crippen LogP contribution in [-0.4, -0.2) is 41.7 Å². The molecule has 1 saturated carbocycles. The minimum absolute atomic E-state index is 0.352. The Labute approximate surface area is 115 Å². The molecule has 1 aliphatic rings. The molecule has 1 rings (SSSR count). The zero-order valence-corrected chi connectivity index (χ0v) is 11.5. The number of carboxylic acid groups (broad SMARTS) is 1. The number of hydrogen-bond acceptors (Lipinski definition) is 2. The van der Waals surface area contributed by atoms with Gasteiger partial charge < -0.3 is 10.0 Å². The van der Waals surface area contributed by atoms with E-state index in [4.69, 9.17) is 0 Å². The average molecular weight is 295 g/mol. The molecule has 0 heterocycles. The zero-order valence-electron chi connectivity index (χ0n) is 11.5. The molecule has 0 aromatic carbocycles. The normalized spacial score (nSPS) is 19.2. The molecule has 4 nitrogen and oxygen atoms in total. The van der Waals surface area contributed by atoms with Gasteiger partial charge in [0, 0.05) is 13.5 Å². The lowest BCUT2D eigenvalue weighted by Gasteiger charge is -2.29. The van der Waals surface area contributed by atoms with Crippen LogP contribution in [0.2, 0.25) is 0 Å². The molecule has 1 aliphatic carbocycles. The third-order valence-corrected chi connectivity index (χ3v) is 3.85. The summed E-state index contributed by atoms with van der Waals surface area (Å²) >= 11 is 0. The van der Waals surface area contributed by atoms with Crippen molar-refractivity contribution in [3.8, 4) is 0 Å². The summed E-state index contributed by atoms with van der Waals surface area (Å²) in [4.78, 5) is 23.9. The molecule has 0 aliphatic heterocycles. The van der Waals surface area contributed by atoms with E-state index in [0.29, 0.717) is 30.6 Å². The largest absolute Gasteiger partial charge is 0.481 e. The summed E-state index contributed by atoms with van der Waals surface area (Å²) in [6.07, 6.45) is -0.907. The molecular formula is C13H20F3NO3. The number of carbonyl (C=O) groups is 2. The Hall–Kier alpha value is -1.27. The van der Waals surface area contributed by atoms with Gasteiger partial charge in [0.05, 0.1) is 5.41 Å². The number of carbonyl (C=O) groups excluding carboxylic acids is 1. The molecular weight excluding hydrogens is 275 g/mol. The lowest BCUT2D eigenvalue weighted by Crippen LogP contribution is -2.41. The third kappa shape index (κ3) is 4.68. The van der Waals surface area contributed by atoms with Crippen LogP contribution < -0.4 is 0 Å². The first-order valence-corrected chi connectivity index (χ1v) is 6.70. The molecule has 116 valence electrons. The number of nitrogens with zero attached hydrogens (tertiary/aromatic N) is 1. The van der Waals surface area contributed by atoms with E-state index in [-0.39, 0.29) is 6.42 Å². The number of aliphatic carboxylic acids is 1. The second-order valence-corrected chi connectivity index (χ2v) is 5.54. The van der Waals surface area contributed by atoms with Gasteiger partial charge in [-0.2, -0.15) is 13.2 Å². The first-order valence-electron chi connectivity index (χ1n) is 6.70. The van der Waals surface area contributed by atoms with Crippen molar-refractivity contribution in [2.45, 2.75) is 51.1 Å². The quantitative estimate of drug-likeness (QED) is 0.811. The molecule has 0 unspecified atom stereocenters. The molecule has 0 aromatic rings. The molecule has 1 N–H and O–H groups in total. The van der Waals surface area contributed by atoms with Gasteiger partial charge in [-0.1, -0.05) is 25.7 Å². The number of amides is 1. The minimum Gasteiger partial charge on any atom is -0.481 e. The Morgan fingerprint density at radius 1 is 1.15 bits per heavy atom. The number of hydrogen-bond donors (Lipinski definition) is 1. The molecule has 1 fully saturated rings. The van der Waals surface area contributed by atoms with E-state index in [1.165, 1.54) is 0 Å². The SMILES string of the molecule is CN(CC(F)(F)F)C(=O)CC1(C(=O)O)CCCCCC1. The van der Waals surface area contributed by atoms with Crippen molar-refractivity contribution >= 4 is 11.9 Å². The van der Waals surface area contributed by atoms with Crippen LogP contribution in [0.15, 0.2) is 0 Å². The van der Waals surface area contributed by atoms with Crippen LogP contribution in [0, 0.1) is 5.41 Å². The molecule has 20 heavy (non-hydrogen) atoms. The lowest BCUT2D eigenvalue weighted by molar-refractivity contribution is -0.163. The van der Waals surface area contributed by atoms with Crippen molar-refractivity contribution in [3.05, 3.63) is 0 Å². The maximum atomic E-state index is 12.3. The number of rotatable bonds is 4. The maximum Gasteiger partial charge on any atom is 0.406 e. The summed E-state index contributed by atoms with van der Waals surface area (Å²) in [5, 5.41) is 9.38. The number of alkyl halides is 3. The highest BCUT2D eigenvalue weighted by atomic mass is 19.4. The van der Waals surface area contributed by atoms with E-state index < -0.39 is 30.0 Å². The fourth-order valence-corrected chi connectivity index (χ4v) is 2.65. The minimum atomic E-state index is -4.47. The highest BCUT2D eigenvalue weighted by Crippen LogP contribution is 2.39. The Kier molecular flexibility index (Phi) is 5.42. The highest BCUT2D eigenvalue weighted by Gasteiger charge is 2.42. The standard InChI is InChI=1S/C13H20F3NO3/c1-17(9-13(14,15)16)10(18)8-12(11(19)20)6-4-2-3-5-7-12/h2-9H2,1H3,(H,19,20). The van der Waals surface area contributed by atoms with Crippen LogP contribution in [0.25, 0.3) is 0 Å². The van der Waals surface area contributed by atoms with Crippen LogP contribution in [-0.2, 0) is 9.59 Å². The Balaban J connectivity index is 2.75. The van der Waals surface area contributed by atoms with E-state index >= 15 is 0 Å². The molecule has 0 bridgehead atoms. The van der Waals surface area contributed by atoms with Gasteiger partial charge in [-0.25, -0.2) is 0 Å². The van der Waals surface area contributed by atoms with Crippen LogP contribution in [0.1, 0.15) is 44.9 Å². The Morgan fingerprint density at radius 3 is 2.05 bits per heavy atom. The van der Waals surface area contributed by atoms with Crippen molar-refractivity contribution in [1.82, 2.24) is 4.90 Å².